The fourth-order valence-electron chi connectivity index (χ4n) is 4.52. The second-order valence-corrected chi connectivity index (χ2v) is 7.84. The van der Waals surface area contributed by atoms with E-state index in [-0.39, 0.29) is 17.5 Å². The van der Waals surface area contributed by atoms with Crippen molar-refractivity contribution in [2.75, 3.05) is 24.5 Å². The molecule has 2 atom stereocenters. The Balaban J connectivity index is 1.54. The number of fused-ring (bicyclic) bond motifs is 1. The van der Waals surface area contributed by atoms with Crippen molar-refractivity contribution in [3.8, 4) is 0 Å². The maximum absolute atomic E-state index is 13.1. The van der Waals surface area contributed by atoms with Gasteiger partial charge >= 0.3 is 0 Å². The maximum Gasteiger partial charge on any atom is 0.254 e. The number of rotatable bonds is 5. The Kier molecular flexibility index (Phi) is 5.34. The molecule has 0 radical (unpaired) electrons. The summed E-state index contributed by atoms with van der Waals surface area (Å²) in [6.45, 7) is 8.37. The monoisotopic (exact) mass is 396 g/mol. The van der Waals surface area contributed by atoms with Crippen molar-refractivity contribution in [2.24, 2.45) is 5.92 Å². The fourth-order valence-corrected chi connectivity index (χ4v) is 4.52. The quantitative estimate of drug-likeness (QED) is 0.825. The molecule has 4 rings (SSSR count). The minimum atomic E-state index is -0.223. The molecule has 8 nitrogen and oxygen atoms in total. The molecule has 0 aliphatic carbocycles. The average molecular weight is 396 g/mol. The minimum absolute atomic E-state index is 0.0604. The molecule has 1 N–H and O–H groups in total. The van der Waals surface area contributed by atoms with Crippen molar-refractivity contribution in [3.63, 3.8) is 0 Å². The van der Waals surface area contributed by atoms with E-state index in [4.69, 9.17) is 4.98 Å². The molecule has 0 spiro atoms. The number of hydrogen-bond donors (Lipinski definition) is 1. The van der Waals surface area contributed by atoms with Gasteiger partial charge in [0.1, 0.15) is 0 Å². The zero-order valence-electron chi connectivity index (χ0n) is 17.3. The van der Waals surface area contributed by atoms with Gasteiger partial charge in [0.2, 0.25) is 11.5 Å². The molecule has 4 heterocycles. The summed E-state index contributed by atoms with van der Waals surface area (Å²) >= 11 is 0. The highest BCUT2D eigenvalue weighted by molar-refractivity contribution is 5.94. The summed E-state index contributed by atoms with van der Waals surface area (Å²) in [6, 6.07) is 3.32. The number of nitrogens with one attached hydrogen (secondary N) is 1. The molecule has 2 aliphatic rings. The molecular weight excluding hydrogens is 368 g/mol. The number of carbonyl (C=O) groups excluding carboxylic acids is 1. The first-order valence-electron chi connectivity index (χ1n) is 10.6. The molecule has 1 amide bonds. The van der Waals surface area contributed by atoms with Gasteiger partial charge in [-0.3, -0.25) is 9.59 Å². The Bertz CT molecular complexity index is 972. The van der Waals surface area contributed by atoms with Crippen molar-refractivity contribution in [1.82, 2.24) is 25.1 Å². The van der Waals surface area contributed by atoms with Gasteiger partial charge < -0.3 is 14.8 Å². The van der Waals surface area contributed by atoms with Crippen molar-refractivity contribution < 1.29 is 4.79 Å². The van der Waals surface area contributed by atoms with E-state index >= 15 is 0 Å². The number of likely N-dealkylation sites (tertiary alicyclic amines) is 1. The van der Waals surface area contributed by atoms with Crippen LogP contribution in [-0.4, -0.2) is 56.6 Å². The molecule has 0 aromatic carbocycles. The molecule has 154 valence electrons. The van der Waals surface area contributed by atoms with E-state index in [2.05, 4.69) is 33.9 Å². The van der Waals surface area contributed by atoms with Crippen LogP contribution in [0.1, 0.15) is 54.6 Å². The van der Waals surface area contributed by atoms with Crippen molar-refractivity contribution >= 4 is 11.9 Å². The van der Waals surface area contributed by atoms with Crippen LogP contribution in [-0.2, 0) is 19.3 Å². The number of hydrogen-bond acceptors (Lipinski definition) is 6. The van der Waals surface area contributed by atoms with E-state index < -0.39 is 0 Å². The summed E-state index contributed by atoms with van der Waals surface area (Å²) in [6.07, 6.45) is 3.30. The number of H-pyrrole nitrogens is 1. The predicted molar refractivity (Wildman–Crippen MR) is 110 cm³/mol. The van der Waals surface area contributed by atoms with Gasteiger partial charge in [0.15, 0.2) is 0 Å². The summed E-state index contributed by atoms with van der Waals surface area (Å²) in [5, 5.41) is 8.71. The van der Waals surface area contributed by atoms with Crippen LogP contribution < -0.4 is 10.5 Å². The largest absolute Gasteiger partial charge is 0.337 e. The highest BCUT2D eigenvalue weighted by atomic mass is 16.2. The molecule has 2 aromatic rings. The molecule has 2 saturated heterocycles. The van der Waals surface area contributed by atoms with Crippen LogP contribution in [0, 0.1) is 5.92 Å². The third kappa shape index (κ3) is 3.63. The van der Waals surface area contributed by atoms with Crippen LogP contribution in [0.4, 0.5) is 5.95 Å². The number of nitrogens with zero attached hydrogens (tertiary/aromatic N) is 5. The lowest BCUT2D eigenvalue weighted by Crippen LogP contribution is -2.40. The van der Waals surface area contributed by atoms with E-state index in [0.717, 1.165) is 49.4 Å². The maximum atomic E-state index is 13.1. The number of aromatic amines is 1. The second-order valence-electron chi connectivity index (χ2n) is 7.84. The number of amides is 1. The van der Waals surface area contributed by atoms with Gasteiger partial charge in [-0.25, -0.2) is 4.98 Å². The lowest BCUT2D eigenvalue weighted by atomic mass is 10.0. The third-order valence-electron chi connectivity index (χ3n) is 6.12. The lowest BCUT2D eigenvalue weighted by molar-refractivity contribution is 0.0738. The van der Waals surface area contributed by atoms with E-state index in [1.54, 1.807) is 6.07 Å². The number of carbonyl (C=O) groups is 1. The first kappa shape index (κ1) is 19.5. The summed E-state index contributed by atoms with van der Waals surface area (Å²) in [7, 11) is 0. The van der Waals surface area contributed by atoms with E-state index in [9.17, 15) is 9.59 Å². The van der Waals surface area contributed by atoms with Gasteiger partial charge in [-0.1, -0.05) is 20.8 Å². The molecular formula is C21H28N6O2. The van der Waals surface area contributed by atoms with Gasteiger partial charge in [0.25, 0.3) is 5.91 Å². The highest BCUT2D eigenvalue weighted by Gasteiger charge is 2.44. The SMILES string of the molecule is CCc1cc(C(=O)N2CC[C@@H]3CN(c4nnc(CC)c(CC)n4)C[C@@H]32)cc(=O)[nH]1. The fraction of sp³-hybridized carbons (Fsp3) is 0.571. The Hall–Kier alpha value is -2.77. The topological polar surface area (TPSA) is 95.1 Å². The normalized spacial score (nSPS) is 20.9. The Morgan fingerprint density at radius 1 is 1.10 bits per heavy atom. The van der Waals surface area contributed by atoms with Crippen LogP contribution >= 0.6 is 0 Å². The average Bonchev–Trinajstić information content (AvgIpc) is 3.33. The summed E-state index contributed by atoms with van der Waals surface area (Å²) < 4.78 is 0. The lowest BCUT2D eigenvalue weighted by Gasteiger charge is -2.25. The predicted octanol–water partition coefficient (Wildman–Crippen LogP) is 1.60. The molecule has 2 aromatic heterocycles. The van der Waals surface area contributed by atoms with Crippen LogP contribution in [0.5, 0.6) is 0 Å². The van der Waals surface area contributed by atoms with Crippen LogP contribution in [0.15, 0.2) is 16.9 Å². The first-order chi connectivity index (χ1) is 14.0. The summed E-state index contributed by atoms with van der Waals surface area (Å²) in [5.74, 6) is 0.992. The molecule has 0 unspecified atom stereocenters. The number of aryl methyl sites for hydroxylation is 3. The summed E-state index contributed by atoms with van der Waals surface area (Å²) in [5.41, 5.74) is 2.99. The van der Waals surface area contributed by atoms with Crippen LogP contribution in [0.25, 0.3) is 0 Å². The Labute approximate surface area is 170 Å². The standard InChI is InChI=1S/C21H28N6O2/c1-4-15-9-14(10-19(28)22-15)20(29)27-8-7-13-11-26(12-18(13)27)21-23-16(5-2)17(6-3)24-25-21/h9-10,13,18H,4-8,11-12H2,1-3H3,(H,22,28)/t13-,18+/m1/s1. The van der Waals surface area contributed by atoms with Gasteiger partial charge in [-0.15, -0.1) is 5.10 Å². The van der Waals surface area contributed by atoms with E-state index in [1.165, 1.54) is 6.07 Å². The number of pyridine rings is 1. The minimum Gasteiger partial charge on any atom is -0.337 e. The molecule has 29 heavy (non-hydrogen) atoms. The Morgan fingerprint density at radius 3 is 2.62 bits per heavy atom. The first-order valence-corrected chi connectivity index (χ1v) is 10.6. The second kappa shape index (κ2) is 7.93. The zero-order chi connectivity index (χ0) is 20.5. The smallest absolute Gasteiger partial charge is 0.254 e. The van der Waals surface area contributed by atoms with Crippen LogP contribution in [0.2, 0.25) is 0 Å². The number of aromatic nitrogens is 4. The van der Waals surface area contributed by atoms with Crippen LogP contribution in [0.3, 0.4) is 0 Å². The molecule has 0 bridgehead atoms. The van der Waals surface area contributed by atoms with E-state index in [1.807, 2.05) is 11.8 Å². The summed E-state index contributed by atoms with van der Waals surface area (Å²) in [4.78, 5) is 36.6. The molecule has 2 fully saturated rings. The molecule has 2 aliphatic heterocycles. The van der Waals surface area contributed by atoms with Crippen molar-refractivity contribution in [2.45, 2.75) is 52.5 Å². The third-order valence-corrected chi connectivity index (χ3v) is 6.12. The molecule has 8 heteroatoms. The zero-order valence-corrected chi connectivity index (χ0v) is 17.3. The molecule has 0 saturated carbocycles. The van der Waals surface area contributed by atoms with Crippen molar-refractivity contribution in [1.29, 1.82) is 0 Å². The highest BCUT2D eigenvalue weighted by Crippen LogP contribution is 2.34. The van der Waals surface area contributed by atoms with E-state index in [0.29, 0.717) is 30.4 Å². The van der Waals surface area contributed by atoms with Gasteiger partial charge in [-0.05, 0) is 31.7 Å². The van der Waals surface area contributed by atoms with Gasteiger partial charge in [-0.2, -0.15) is 5.10 Å². The Morgan fingerprint density at radius 2 is 1.90 bits per heavy atom. The van der Waals surface area contributed by atoms with Crippen molar-refractivity contribution in [3.05, 3.63) is 45.1 Å². The van der Waals surface area contributed by atoms with Gasteiger partial charge in [0.05, 0.1) is 17.4 Å². The van der Waals surface area contributed by atoms with Gasteiger partial charge in [0, 0.05) is 42.9 Å². The number of anilines is 1.